The second-order valence-electron chi connectivity index (χ2n) is 6.04. The molecule has 3 rings (SSSR count). The first kappa shape index (κ1) is 16.3. The van der Waals surface area contributed by atoms with Gasteiger partial charge in [0.2, 0.25) is 0 Å². The zero-order valence-electron chi connectivity index (χ0n) is 14.1. The van der Waals surface area contributed by atoms with Crippen LogP contribution in [-0.2, 0) is 0 Å². The Morgan fingerprint density at radius 3 is 2.67 bits per heavy atom. The van der Waals surface area contributed by atoms with Crippen molar-refractivity contribution in [1.29, 1.82) is 0 Å². The highest BCUT2D eigenvalue weighted by Gasteiger charge is 2.30. The van der Waals surface area contributed by atoms with Crippen LogP contribution in [0.2, 0.25) is 0 Å². The number of carbonyl (C=O) groups is 1. The third-order valence-corrected chi connectivity index (χ3v) is 4.35. The first-order chi connectivity index (χ1) is 11.7. The molecule has 2 aromatic rings. The lowest BCUT2D eigenvalue weighted by atomic mass is 10.0. The summed E-state index contributed by atoms with van der Waals surface area (Å²) in [6.07, 6.45) is 0. The van der Waals surface area contributed by atoms with Crippen molar-refractivity contribution >= 4 is 11.7 Å². The summed E-state index contributed by atoms with van der Waals surface area (Å²) in [6.45, 7) is 2.40. The number of piperazine rings is 1. The van der Waals surface area contributed by atoms with E-state index in [-0.39, 0.29) is 12.1 Å². The van der Waals surface area contributed by atoms with Crippen molar-refractivity contribution in [3.05, 3.63) is 60.2 Å². The standard InChI is InChI=1S/C19H23N3O2/c1-21-11-12-22(18(14-21)15-7-4-3-5-8-15)19(23)20-16-9-6-10-17(13-16)24-2/h3-10,13,18H,11-12,14H2,1-2H3,(H,20,23)/t18-/m0/s1. The van der Waals surface area contributed by atoms with Crippen molar-refractivity contribution in [2.45, 2.75) is 6.04 Å². The maximum atomic E-state index is 12.8. The normalized spacial score (nSPS) is 18.2. The van der Waals surface area contributed by atoms with Gasteiger partial charge >= 0.3 is 6.03 Å². The Kier molecular flexibility index (Phi) is 5.01. The minimum Gasteiger partial charge on any atom is -0.497 e. The predicted molar refractivity (Wildman–Crippen MR) is 95.4 cm³/mol. The number of likely N-dealkylation sites (N-methyl/N-ethyl adjacent to an activating group) is 1. The number of rotatable bonds is 3. The highest BCUT2D eigenvalue weighted by atomic mass is 16.5. The van der Waals surface area contributed by atoms with Crippen LogP contribution in [0.3, 0.4) is 0 Å². The number of hydrogen-bond donors (Lipinski definition) is 1. The van der Waals surface area contributed by atoms with Gasteiger partial charge < -0.3 is 19.9 Å². The molecule has 1 saturated heterocycles. The monoisotopic (exact) mass is 325 g/mol. The highest BCUT2D eigenvalue weighted by molar-refractivity contribution is 5.90. The van der Waals surface area contributed by atoms with Gasteiger partial charge in [0.25, 0.3) is 0 Å². The SMILES string of the molecule is COc1cccc(NC(=O)N2CCN(C)C[C@H]2c2ccccc2)c1. The number of amides is 2. The number of carbonyl (C=O) groups excluding carboxylic acids is 1. The van der Waals surface area contributed by atoms with Gasteiger partial charge in [-0.15, -0.1) is 0 Å². The lowest BCUT2D eigenvalue weighted by molar-refractivity contribution is 0.117. The average molecular weight is 325 g/mol. The minimum atomic E-state index is -0.0785. The minimum absolute atomic E-state index is 0.0514. The van der Waals surface area contributed by atoms with Crippen molar-refractivity contribution in [2.24, 2.45) is 0 Å². The number of nitrogens with zero attached hydrogens (tertiary/aromatic N) is 2. The molecule has 1 N–H and O–H groups in total. The van der Waals surface area contributed by atoms with E-state index in [1.807, 2.05) is 47.4 Å². The van der Waals surface area contributed by atoms with Gasteiger partial charge in [-0.3, -0.25) is 0 Å². The van der Waals surface area contributed by atoms with Crippen LogP contribution in [0.4, 0.5) is 10.5 Å². The van der Waals surface area contributed by atoms with E-state index < -0.39 is 0 Å². The second-order valence-corrected chi connectivity index (χ2v) is 6.04. The van der Waals surface area contributed by atoms with Crippen molar-refractivity contribution in [3.8, 4) is 5.75 Å². The van der Waals surface area contributed by atoms with E-state index in [1.165, 1.54) is 0 Å². The molecule has 0 saturated carbocycles. The third-order valence-electron chi connectivity index (χ3n) is 4.35. The molecule has 1 fully saturated rings. The van der Waals surface area contributed by atoms with Gasteiger partial charge in [-0.2, -0.15) is 0 Å². The molecule has 126 valence electrons. The number of ether oxygens (including phenoxy) is 1. The van der Waals surface area contributed by atoms with Crippen LogP contribution in [0.15, 0.2) is 54.6 Å². The Labute approximate surface area is 142 Å². The summed E-state index contributed by atoms with van der Waals surface area (Å²) in [5.41, 5.74) is 1.90. The van der Waals surface area contributed by atoms with E-state index in [0.717, 1.165) is 30.1 Å². The Balaban J connectivity index is 1.78. The maximum Gasteiger partial charge on any atom is 0.322 e. The summed E-state index contributed by atoms with van der Waals surface area (Å²) in [5.74, 6) is 0.728. The van der Waals surface area contributed by atoms with E-state index in [1.54, 1.807) is 7.11 Å². The highest BCUT2D eigenvalue weighted by Crippen LogP contribution is 2.26. The van der Waals surface area contributed by atoms with Crippen molar-refractivity contribution in [3.63, 3.8) is 0 Å². The number of nitrogens with one attached hydrogen (secondary N) is 1. The van der Waals surface area contributed by atoms with Crippen LogP contribution in [0.1, 0.15) is 11.6 Å². The lowest BCUT2D eigenvalue weighted by Crippen LogP contribution is -2.50. The van der Waals surface area contributed by atoms with Crippen LogP contribution in [0, 0.1) is 0 Å². The molecule has 2 amide bonds. The second kappa shape index (κ2) is 7.36. The summed E-state index contributed by atoms with van der Waals surface area (Å²) < 4.78 is 5.21. The van der Waals surface area contributed by atoms with Crippen molar-refractivity contribution in [2.75, 3.05) is 39.1 Å². The number of benzene rings is 2. The van der Waals surface area contributed by atoms with Crippen LogP contribution < -0.4 is 10.1 Å². The van der Waals surface area contributed by atoms with Crippen LogP contribution in [0.5, 0.6) is 5.75 Å². The molecular weight excluding hydrogens is 302 g/mol. The van der Waals surface area contributed by atoms with E-state index in [0.29, 0.717) is 6.54 Å². The summed E-state index contributed by atoms with van der Waals surface area (Å²) >= 11 is 0. The van der Waals surface area contributed by atoms with Gasteiger partial charge in [0.15, 0.2) is 0 Å². The number of anilines is 1. The Morgan fingerprint density at radius 2 is 1.92 bits per heavy atom. The van der Waals surface area contributed by atoms with E-state index in [4.69, 9.17) is 4.74 Å². The fraction of sp³-hybridized carbons (Fsp3) is 0.316. The zero-order chi connectivity index (χ0) is 16.9. The fourth-order valence-electron chi connectivity index (χ4n) is 3.02. The summed E-state index contributed by atoms with van der Waals surface area (Å²) in [6, 6.07) is 17.6. The average Bonchev–Trinajstić information content (AvgIpc) is 2.62. The molecule has 0 bridgehead atoms. The molecule has 2 aromatic carbocycles. The number of urea groups is 1. The fourth-order valence-corrected chi connectivity index (χ4v) is 3.02. The topological polar surface area (TPSA) is 44.8 Å². The Hall–Kier alpha value is -2.53. The molecule has 0 radical (unpaired) electrons. The van der Waals surface area contributed by atoms with Crippen molar-refractivity contribution in [1.82, 2.24) is 9.80 Å². The molecule has 1 atom stereocenters. The molecule has 0 spiro atoms. The maximum absolute atomic E-state index is 12.8. The van der Waals surface area contributed by atoms with E-state index in [9.17, 15) is 4.79 Å². The quantitative estimate of drug-likeness (QED) is 0.942. The molecule has 0 unspecified atom stereocenters. The molecule has 1 heterocycles. The number of hydrogen-bond acceptors (Lipinski definition) is 3. The molecule has 0 aliphatic carbocycles. The third kappa shape index (κ3) is 3.68. The first-order valence-corrected chi connectivity index (χ1v) is 8.12. The van der Waals surface area contributed by atoms with Gasteiger partial charge in [-0.25, -0.2) is 4.79 Å². The molecule has 1 aliphatic heterocycles. The summed E-state index contributed by atoms with van der Waals surface area (Å²) in [4.78, 5) is 17.0. The van der Waals surface area contributed by atoms with Crippen LogP contribution in [0.25, 0.3) is 0 Å². The molecule has 1 aliphatic rings. The number of methoxy groups -OCH3 is 1. The smallest absolute Gasteiger partial charge is 0.322 e. The van der Waals surface area contributed by atoms with Gasteiger partial charge in [0, 0.05) is 31.4 Å². The summed E-state index contributed by atoms with van der Waals surface area (Å²) in [5, 5.41) is 2.99. The largest absolute Gasteiger partial charge is 0.497 e. The van der Waals surface area contributed by atoms with Gasteiger partial charge in [-0.1, -0.05) is 36.4 Å². The molecule has 0 aromatic heterocycles. The molecule has 5 nitrogen and oxygen atoms in total. The molecule has 5 heteroatoms. The first-order valence-electron chi connectivity index (χ1n) is 8.12. The Morgan fingerprint density at radius 1 is 1.12 bits per heavy atom. The van der Waals surface area contributed by atoms with Gasteiger partial charge in [-0.05, 0) is 24.7 Å². The summed E-state index contributed by atoms with van der Waals surface area (Å²) in [7, 11) is 3.71. The van der Waals surface area contributed by atoms with Crippen molar-refractivity contribution < 1.29 is 9.53 Å². The zero-order valence-corrected chi connectivity index (χ0v) is 14.1. The van der Waals surface area contributed by atoms with Crippen LogP contribution in [-0.4, -0.2) is 49.6 Å². The lowest BCUT2D eigenvalue weighted by Gasteiger charge is -2.40. The van der Waals surface area contributed by atoms with E-state index in [2.05, 4.69) is 29.4 Å². The van der Waals surface area contributed by atoms with Gasteiger partial charge in [0.1, 0.15) is 5.75 Å². The predicted octanol–water partition coefficient (Wildman–Crippen LogP) is 3.22. The van der Waals surface area contributed by atoms with Gasteiger partial charge in [0.05, 0.1) is 13.2 Å². The molecule has 24 heavy (non-hydrogen) atoms. The molecular formula is C19H23N3O2. The van der Waals surface area contributed by atoms with E-state index >= 15 is 0 Å². The Bertz CT molecular complexity index is 690. The van der Waals surface area contributed by atoms with Crippen LogP contribution >= 0.6 is 0 Å².